The SMILES string of the molecule is COC(=O)CC1(c2nc(NCc3ccccn3)c3c(-c4ccccc4)ccn3n2)CC1.COC(=O)CC1(c2nc(NCc3ccccn3)c3c(-c4ccccc4)ccn3n2)CC1.NC1(c2nc(NCc3ccccn3)c3c(-c4ccccc4)ccn3n2)CC1.O=C(O)C(F)(F)F. The Kier molecular flexibility index (Phi) is 18.9. The number of fused-ring (bicyclic) bond motifs is 3. The summed E-state index contributed by atoms with van der Waals surface area (Å²) < 4.78 is 47.2. The summed E-state index contributed by atoms with van der Waals surface area (Å²) >= 11 is 0. The third-order valence-electron chi connectivity index (χ3n) is 16.8. The summed E-state index contributed by atoms with van der Waals surface area (Å²) in [6, 6.07) is 54.4. The molecule has 488 valence electrons. The number of esters is 2. The van der Waals surface area contributed by atoms with Crippen LogP contribution < -0.4 is 21.7 Å². The summed E-state index contributed by atoms with van der Waals surface area (Å²) in [5.41, 5.74) is 17.3. The molecule has 3 aliphatic carbocycles. The van der Waals surface area contributed by atoms with Crippen LogP contribution in [0.5, 0.6) is 0 Å². The van der Waals surface area contributed by atoms with E-state index < -0.39 is 17.7 Å². The minimum atomic E-state index is -5.08. The van der Waals surface area contributed by atoms with Gasteiger partial charge in [-0.25, -0.2) is 33.3 Å². The number of aromatic nitrogens is 12. The lowest BCUT2D eigenvalue weighted by Crippen LogP contribution is -2.24. The number of nitrogens with zero attached hydrogens (tertiary/aromatic N) is 12. The molecule has 22 nitrogen and oxygen atoms in total. The number of carboxylic acids is 1. The van der Waals surface area contributed by atoms with Crippen molar-refractivity contribution >= 4 is 51.9 Å². The van der Waals surface area contributed by atoms with Crippen LogP contribution in [-0.4, -0.2) is 102 Å². The quantitative estimate of drug-likeness (QED) is 0.0470. The number of alkyl halides is 3. The predicted octanol–water partition coefficient (Wildman–Crippen LogP) is 12.0. The normalized spacial score (nSPS) is 14.3. The van der Waals surface area contributed by atoms with Crippen LogP contribution in [0.1, 0.15) is 85.9 Å². The number of methoxy groups -OCH3 is 2. The molecular formula is C71H67F3N16O6. The first-order chi connectivity index (χ1) is 46.5. The first-order valence-corrected chi connectivity index (χ1v) is 31.0. The fourth-order valence-corrected chi connectivity index (χ4v) is 11.0. The molecule has 0 amide bonds. The molecule has 3 aromatic carbocycles. The van der Waals surface area contributed by atoms with Crippen molar-refractivity contribution in [2.75, 3.05) is 30.2 Å². The highest BCUT2D eigenvalue weighted by molar-refractivity contribution is 5.91. The summed E-state index contributed by atoms with van der Waals surface area (Å²) in [5.74, 6) is 1.05. The molecule has 0 bridgehead atoms. The van der Waals surface area contributed by atoms with Gasteiger partial charge in [0.1, 0.15) is 16.6 Å². The van der Waals surface area contributed by atoms with Crippen molar-refractivity contribution in [3.8, 4) is 33.4 Å². The lowest BCUT2D eigenvalue weighted by molar-refractivity contribution is -0.192. The molecule has 0 unspecified atom stereocenters. The molecule has 25 heteroatoms. The minimum absolute atomic E-state index is 0.235. The van der Waals surface area contributed by atoms with Gasteiger partial charge in [-0.2, -0.15) is 28.5 Å². The molecule has 3 saturated carbocycles. The topological polar surface area (TPSA) is 281 Å². The van der Waals surface area contributed by atoms with Gasteiger partial charge in [0.15, 0.2) is 34.9 Å². The summed E-state index contributed by atoms with van der Waals surface area (Å²) in [5, 5.41) is 31.8. The second-order valence-electron chi connectivity index (χ2n) is 23.6. The number of carbonyl (C=O) groups is 3. The van der Waals surface area contributed by atoms with Crippen LogP contribution in [-0.2, 0) is 59.9 Å². The molecule has 0 aliphatic heterocycles. The van der Waals surface area contributed by atoms with Crippen molar-refractivity contribution in [3.63, 3.8) is 0 Å². The number of hydrogen-bond donors (Lipinski definition) is 5. The smallest absolute Gasteiger partial charge is 0.475 e. The highest BCUT2D eigenvalue weighted by atomic mass is 19.4. The Labute approximate surface area is 548 Å². The van der Waals surface area contributed by atoms with Crippen molar-refractivity contribution in [3.05, 3.63) is 236 Å². The fourth-order valence-electron chi connectivity index (χ4n) is 11.0. The van der Waals surface area contributed by atoms with E-state index in [9.17, 15) is 22.8 Å². The van der Waals surface area contributed by atoms with Crippen LogP contribution in [0.15, 0.2) is 201 Å². The molecule has 0 spiro atoms. The average Bonchev–Trinajstić information content (AvgIpc) is 1.60. The maximum absolute atomic E-state index is 12.0. The van der Waals surface area contributed by atoms with Gasteiger partial charge < -0.3 is 36.3 Å². The lowest BCUT2D eigenvalue weighted by atomic mass is 10.0. The van der Waals surface area contributed by atoms with Gasteiger partial charge >= 0.3 is 24.1 Å². The summed E-state index contributed by atoms with van der Waals surface area (Å²) in [6.45, 7) is 1.66. The molecule has 12 aromatic rings. The molecule has 3 fully saturated rings. The van der Waals surface area contributed by atoms with Crippen LogP contribution in [0.2, 0.25) is 0 Å². The Morgan fingerprint density at radius 2 is 0.771 bits per heavy atom. The molecule has 9 heterocycles. The van der Waals surface area contributed by atoms with E-state index >= 15 is 0 Å². The molecular weight excluding hydrogens is 1230 g/mol. The number of hydrogen-bond acceptors (Lipinski definition) is 18. The van der Waals surface area contributed by atoms with Gasteiger partial charge in [0.05, 0.1) is 69.3 Å². The monoisotopic (exact) mass is 1300 g/mol. The number of benzene rings is 3. The molecule has 3 aliphatic rings. The Bertz CT molecular complexity index is 4470. The first-order valence-electron chi connectivity index (χ1n) is 31.0. The molecule has 6 N–H and O–H groups in total. The van der Waals surface area contributed by atoms with Crippen molar-refractivity contribution in [1.82, 2.24) is 58.7 Å². The number of halogens is 3. The molecule has 9 aromatic heterocycles. The number of nitrogens with one attached hydrogen (secondary N) is 3. The zero-order chi connectivity index (χ0) is 66.9. The number of ether oxygens (including phenoxy) is 2. The molecule has 0 radical (unpaired) electrons. The van der Waals surface area contributed by atoms with Crippen molar-refractivity contribution < 1.29 is 42.1 Å². The van der Waals surface area contributed by atoms with E-state index in [-0.39, 0.29) is 22.8 Å². The number of carboxylic acid groups (broad SMARTS) is 1. The second-order valence-corrected chi connectivity index (χ2v) is 23.6. The van der Waals surface area contributed by atoms with E-state index in [4.69, 9.17) is 55.4 Å². The average molecular weight is 1300 g/mol. The zero-order valence-electron chi connectivity index (χ0n) is 52.4. The standard InChI is InChI=1S/2C24H23N5O2.C21H20N6.C2HF3O2/c2*1-31-20(30)15-24(11-12-24)23-27-22(26-16-18-9-5-6-13-25-18)21-19(10-14-29(21)28-23)17-7-3-2-4-8-17;22-21(10-11-21)20-25-19(24-14-16-8-4-5-12-23-16)18-17(9-13-27(18)26-20)15-6-2-1-3-7-15;3-2(4,5)1(6)7/h2*2-10,13-14H,11-12,15-16H2,1H3,(H,26,27,28);1-9,12-13H,10-11,14,22H2,(H,24,25,26);(H,6,7). The van der Waals surface area contributed by atoms with E-state index in [0.29, 0.717) is 49.9 Å². The molecule has 96 heavy (non-hydrogen) atoms. The van der Waals surface area contributed by atoms with E-state index in [1.807, 2.05) is 141 Å². The van der Waals surface area contributed by atoms with Gasteiger partial charge in [-0.05, 0) is 110 Å². The highest BCUT2D eigenvalue weighted by Crippen LogP contribution is 2.52. The van der Waals surface area contributed by atoms with E-state index in [2.05, 4.69) is 85.5 Å². The lowest BCUT2D eigenvalue weighted by Gasteiger charge is -2.16. The summed E-state index contributed by atoms with van der Waals surface area (Å²) in [4.78, 5) is 60.7. The van der Waals surface area contributed by atoms with E-state index in [1.165, 1.54) is 14.2 Å². The predicted molar refractivity (Wildman–Crippen MR) is 354 cm³/mol. The van der Waals surface area contributed by atoms with Crippen LogP contribution in [0.3, 0.4) is 0 Å². The Balaban J connectivity index is 0.000000131. The van der Waals surface area contributed by atoms with Crippen molar-refractivity contribution in [1.29, 1.82) is 0 Å². The van der Waals surface area contributed by atoms with Gasteiger partial charge in [-0.15, -0.1) is 0 Å². The van der Waals surface area contributed by atoms with E-state index in [1.54, 1.807) is 18.6 Å². The minimum Gasteiger partial charge on any atom is -0.475 e. The summed E-state index contributed by atoms with van der Waals surface area (Å²) in [7, 11) is 2.83. The van der Waals surface area contributed by atoms with E-state index in [0.717, 1.165) is 123 Å². The van der Waals surface area contributed by atoms with Gasteiger partial charge in [0.25, 0.3) is 0 Å². The Hall–Kier alpha value is -11.5. The van der Waals surface area contributed by atoms with Gasteiger partial charge in [0.2, 0.25) is 0 Å². The number of anilines is 3. The Morgan fingerprint density at radius 3 is 1.04 bits per heavy atom. The molecule has 15 rings (SSSR count). The van der Waals surface area contributed by atoms with Crippen LogP contribution >= 0.6 is 0 Å². The number of pyridine rings is 3. The van der Waals surface area contributed by atoms with Gasteiger partial charge in [0, 0.05) is 64.7 Å². The maximum atomic E-state index is 12.0. The third-order valence-corrected chi connectivity index (χ3v) is 16.8. The Morgan fingerprint density at radius 1 is 0.469 bits per heavy atom. The van der Waals surface area contributed by atoms with Crippen LogP contribution in [0.25, 0.3) is 49.9 Å². The van der Waals surface area contributed by atoms with Gasteiger partial charge in [-0.1, -0.05) is 109 Å². The summed E-state index contributed by atoms with van der Waals surface area (Å²) in [6.07, 6.45) is 12.1. The maximum Gasteiger partial charge on any atom is 0.490 e. The molecule has 0 saturated heterocycles. The van der Waals surface area contributed by atoms with Crippen LogP contribution in [0.4, 0.5) is 30.6 Å². The van der Waals surface area contributed by atoms with Crippen LogP contribution in [0, 0.1) is 0 Å². The van der Waals surface area contributed by atoms with Crippen molar-refractivity contribution in [2.24, 2.45) is 5.73 Å². The van der Waals surface area contributed by atoms with Gasteiger partial charge in [-0.3, -0.25) is 24.5 Å². The number of carbonyl (C=O) groups excluding carboxylic acids is 2. The first kappa shape index (κ1) is 64.6. The largest absolute Gasteiger partial charge is 0.490 e. The number of rotatable bonds is 19. The third kappa shape index (κ3) is 15.0. The zero-order valence-corrected chi connectivity index (χ0v) is 52.4. The second kappa shape index (κ2) is 28.0. The number of nitrogens with two attached hydrogens (primary N) is 1. The van der Waals surface area contributed by atoms with Crippen molar-refractivity contribution in [2.45, 2.75) is 93.5 Å². The molecule has 0 atom stereocenters. The number of aliphatic carboxylic acids is 1. The fraction of sp³-hybridized carbons (Fsp3) is 0.239. The highest BCUT2D eigenvalue weighted by Gasteiger charge is 2.51.